The molecule has 230 valence electrons. The first-order valence-corrected chi connectivity index (χ1v) is 14.5. The molecule has 3 rings (SSSR count). The van der Waals surface area contributed by atoms with E-state index in [1.165, 1.54) is 26.4 Å². The maximum atomic E-state index is 13.6. The van der Waals surface area contributed by atoms with Crippen LogP contribution in [0.4, 0.5) is 0 Å². The zero-order valence-corrected chi connectivity index (χ0v) is 24.7. The Labute approximate surface area is 249 Å². The molecular formula is C28H35N7O7S. The number of hydrogen-bond donors (Lipinski definition) is 4. The van der Waals surface area contributed by atoms with Crippen LogP contribution in [0.5, 0.6) is 11.5 Å². The minimum atomic E-state index is -4.22. The SMILES string of the molecule is COc1cc2ccc(S(=O)(=O)N[C@@H](CCCN=C(N)N)C(=O)N(CCc3ccccc3)CC(=O)O)cc2cc1OC.N#N. The van der Waals surface area contributed by atoms with Crippen molar-refractivity contribution in [1.29, 1.82) is 10.8 Å². The standard InChI is InChI=1S/C28H35N5O7S.N2/c1-39-24-16-20-10-11-22(15-21(20)17-25(24)40-2)41(37,38)32-23(9-6-13-31-28(29)30)27(36)33(18-26(34)35)14-12-19-7-4-3-5-8-19;1-2/h3-5,7-8,10-11,15-17,23,32H,6,9,12-14,18H2,1-2H3,(H,34,35)(H4,29,30,31);/t23-;/m0./s1. The smallest absolute Gasteiger partial charge is 0.323 e. The third-order valence-corrected chi connectivity index (χ3v) is 7.79. The van der Waals surface area contributed by atoms with Crippen molar-refractivity contribution in [2.75, 3.05) is 33.9 Å². The summed E-state index contributed by atoms with van der Waals surface area (Å²) in [4.78, 5) is 30.2. The molecule has 0 unspecified atom stereocenters. The fourth-order valence-corrected chi connectivity index (χ4v) is 5.53. The van der Waals surface area contributed by atoms with E-state index in [4.69, 9.17) is 31.7 Å². The second kappa shape index (κ2) is 16.5. The van der Waals surface area contributed by atoms with Gasteiger partial charge in [0, 0.05) is 23.9 Å². The molecule has 0 spiro atoms. The maximum absolute atomic E-state index is 13.6. The van der Waals surface area contributed by atoms with Crippen molar-refractivity contribution < 1.29 is 32.6 Å². The number of methoxy groups -OCH3 is 2. The molecule has 6 N–H and O–H groups in total. The van der Waals surface area contributed by atoms with Crippen molar-refractivity contribution in [1.82, 2.24) is 9.62 Å². The van der Waals surface area contributed by atoms with Crippen LogP contribution in [0.2, 0.25) is 0 Å². The highest BCUT2D eigenvalue weighted by atomic mass is 32.2. The molecule has 0 saturated carbocycles. The highest BCUT2D eigenvalue weighted by Gasteiger charge is 2.30. The molecule has 1 atom stereocenters. The molecule has 0 aliphatic rings. The monoisotopic (exact) mass is 613 g/mol. The number of carbonyl (C=O) groups is 2. The zero-order valence-electron chi connectivity index (χ0n) is 23.8. The summed E-state index contributed by atoms with van der Waals surface area (Å²) in [5.74, 6) is -1.09. The predicted molar refractivity (Wildman–Crippen MR) is 159 cm³/mol. The Bertz CT molecular complexity index is 1540. The van der Waals surface area contributed by atoms with E-state index in [9.17, 15) is 23.1 Å². The number of aliphatic carboxylic acids is 1. The van der Waals surface area contributed by atoms with Crippen LogP contribution in [0.1, 0.15) is 18.4 Å². The Morgan fingerprint density at radius 1 is 1.00 bits per heavy atom. The lowest BCUT2D eigenvalue weighted by Gasteiger charge is -2.27. The molecule has 0 aliphatic heterocycles. The van der Waals surface area contributed by atoms with Gasteiger partial charge in [0.2, 0.25) is 15.9 Å². The summed E-state index contributed by atoms with van der Waals surface area (Å²) in [6.07, 6.45) is 0.698. The number of fused-ring (bicyclic) bond motifs is 1. The van der Waals surface area contributed by atoms with E-state index in [0.29, 0.717) is 23.3 Å². The van der Waals surface area contributed by atoms with E-state index in [1.54, 1.807) is 18.2 Å². The number of nitrogens with two attached hydrogens (primary N) is 2. The number of sulfonamides is 1. The van der Waals surface area contributed by atoms with Gasteiger partial charge in [-0.2, -0.15) is 4.72 Å². The van der Waals surface area contributed by atoms with E-state index in [0.717, 1.165) is 15.8 Å². The third kappa shape index (κ3) is 10.1. The summed E-state index contributed by atoms with van der Waals surface area (Å²) in [5.41, 5.74) is 11.7. The van der Waals surface area contributed by atoms with Crippen molar-refractivity contribution in [3.8, 4) is 11.5 Å². The van der Waals surface area contributed by atoms with Gasteiger partial charge in [0.1, 0.15) is 12.6 Å². The second-order valence-electron chi connectivity index (χ2n) is 9.23. The van der Waals surface area contributed by atoms with Crippen LogP contribution in [0.15, 0.2) is 70.6 Å². The topological polar surface area (TPSA) is 234 Å². The molecule has 0 aromatic heterocycles. The minimum Gasteiger partial charge on any atom is -0.493 e. The van der Waals surface area contributed by atoms with Gasteiger partial charge in [-0.3, -0.25) is 14.6 Å². The van der Waals surface area contributed by atoms with Crippen LogP contribution in [0.25, 0.3) is 10.8 Å². The number of hydrogen-bond acceptors (Lipinski definition) is 9. The number of rotatable bonds is 15. The maximum Gasteiger partial charge on any atom is 0.323 e. The van der Waals surface area contributed by atoms with Crippen molar-refractivity contribution in [2.45, 2.75) is 30.2 Å². The van der Waals surface area contributed by atoms with Crippen LogP contribution < -0.4 is 25.7 Å². The Morgan fingerprint density at radius 3 is 2.21 bits per heavy atom. The summed E-state index contributed by atoms with van der Waals surface area (Å²) < 4.78 is 40.2. The Balaban J connectivity index is 0.00000316. The quantitative estimate of drug-likeness (QED) is 0.0833. The molecule has 0 fully saturated rings. The van der Waals surface area contributed by atoms with Gasteiger partial charge in [-0.05, 0) is 59.9 Å². The minimum absolute atomic E-state index is 0.0366. The molecule has 14 nitrogen and oxygen atoms in total. The highest BCUT2D eigenvalue weighted by molar-refractivity contribution is 7.89. The number of nitrogens with zero attached hydrogens (tertiary/aromatic N) is 4. The van der Waals surface area contributed by atoms with Gasteiger partial charge < -0.3 is 30.9 Å². The first-order chi connectivity index (χ1) is 20.5. The summed E-state index contributed by atoms with van der Waals surface area (Å²) in [6.45, 7) is -0.345. The Kier molecular flexibility index (Phi) is 13.1. The van der Waals surface area contributed by atoms with E-state index in [-0.39, 0.29) is 36.8 Å². The number of amides is 1. The molecule has 0 heterocycles. The van der Waals surface area contributed by atoms with Gasteiger partial charge in [-0.15, -0.1) is 0 Å². The number of nitrogens with one attached hydrogen (secondary N) is 1. The van der Waals surface area contributed by atoms with Gasteiger partial charge in [0.25, 0.3) is 0 Å². The molecular weight excluding hydrogens is 578 g/mol. The number of carboxylic acids is 1. The van der Waals surface area contributed by atoms with Crippen LogP contribution in [0.3, 0.4) is 0 Å². The van der Waals surface area contributed by atoms with Gasteiger partial charge in [0.05, 0.1) is 19.1 Å². The molecule has 3 aromatic carbocycles. The number of guanidine groups is 1. The molecule has 0 bridgehead atoms. The summed E-state index contributed by atoms with van der Waals surface area (Å²) >= 11 is 0. The van der Waals surface area contributed by atoms with Crippen LogP contribution in [-0.4, -0.2) is 76.2 Å². The molecule has 0 aliphatic carbocycles. The van der Waals surface area contributed by atoms with E-state index in [1.807, 2.05) is 30.3 Å². The van der Waals surface area contributed by atoms with Gasteiger partial charge >= 0.3 is 5.97 Å². The fourth-order valence-electron chi connectivity index (χ4n) is 4.27. The second-order valence-corrected chi connectivity index (χ2v) is 10.9. The van der Waals surface area contributed by atoms with Crippen molar-refractivity contribution in [3.05, 3.63) is 66.2 Å². The normalized spacial score (nSPS) is 11.4. The van der Waals surface area contributed by atoms with Crippen molar-refractivity contribution in [2.24, 2.45) is 16.5 Å². The number of aliphatic imine (C=N–C) groups is 1. The van der Waals surface area contributed by atoms with Crippen molar-refractivity contribution >= 4 is 38.6 Å². The van der Waals surface area contributed by atoms with Gasteiger partial charge in [-0.25, -0.2) is 8.42 Å². The van der Waals surface area contributed by atoms with E-state index < -0.39 is 34.5 Å². The largest absolute Gasteiger partial charge is 0.493 e. The van der Waals surface area contributed by atoms with Crippen LogP contribution in [-0.2, 0) is 26.0 Å². The number of carbonyl (C=O) groups excluding carboxylic acids is 1. The van der Waals surface area contributed by atoms with Gasteiger partial charge in [0.15, 0.2) is 17.5 Å². The average molecular weight is 614 g/mol. The first-order valence-electron chi connectivity index (χ1n) is 13.0. The van der Waals surface area contributed by atoms with E-state index in [2.05, 4.69) is 9.71 Å². The average Bonchev–Trinajstić information content (AvgIpc) is 3.00. The Hall–Kier alpha value is -4.94. The van der Waals surface area contributed by atoms with Crippen LogP contribution >= 0.6 is 0 Å². The van der Waals surface area contributed by atoms with Gasteiger partial charge in [-0.1, -0.05) is 36.4 Å². The summed E-state index contributed by atoms with van der Waals surface area (Å²) in [7, 11) is -1.23. The van der Waals surface area contributed by atoms with Crippen molar-refractivity contribution in [3.63, 3.8) is 0 Å². The number of benzene rings is 3. The molecule has 0 radical (unpaired) electrons. The zero-order chi connectivity index (χ0) is 32.0. The number of ether oxygens (including phenoxy) is 2. The highest BCUT2D eigenvalue weighted by Crippen LogP contribution is 2.33. The molecule has 1 amide bonds. The fraction of sp³-hybridized carbons (Fsp3) is 0.321. The molecule has 15 heteroatoms. The lowest BCUT2D eigenvalue weighted by atomic mass is 10.1. The Morgan fingerprint density at radius 2 is 1.63 bits per heavy atom. The summed E-state index contributed by atoms with van der Waals surface area (Å²) in [5, 5.41) is 22.8. The number of carboxylic acid groups (broad SMARTS) is 1. The van der Waals surface area contributed by atoms with Crippen LogP contribution in [0, 0.1) is 10.8 Å². The molecule has 43 heavy (non-hydrogen) atoms. The summed E-state index contributed by atoms with van der Waals surface area (Å²) in [6, 6.07) is 15.9. The van der Waals surface area contributed by atoms with E-state index >= 15 is 0 Å². The first kappa shape index (κ1) is 34.3. The lowest BCUT2D eigenvalue weighted by Crippen LogP contribution is -2.50. The lowest BCUT2D eigenvalue weighted by molar-refractivity contribution is -0.145. The molecule has 0 saturated heterocycles. The third-order valence-electron chi connectivity index (χ3n) is 6.32. The molecule has 3 aromatic rings. The predicted octanol–water partition coefficient (Wildman–Crippen LogP) is 1.74.